The number of ether oxygens (including phenoxy) is 2. The van der Waals surface area contributed by atoms with Crippen molar-refractivity contribution in [2.24, 2.45) is 0 Å². The molecule has 11 heteroatoms. The topological polar surface area (TPSA) is 132 Å². The summed E-state index contributed by atoms with van der Waals surface area (Å²) < 4.78 is 12.7. The molecule has 1 aliphatic heterocycles. The van der Waals surface area contributed by atoms with Gasteiger partial charge in [-0.2, -0.15) is 0 Å². The number of nitrogens with zero attached hydrogens (tertiary/aromatic N) is 5. The molecule has 0 atom stereocenters. The fourth-order valence-corrected chi connectivity index (χ4v) is 4.44. The summed E-state index contributed by atoms with van der Waals surface area (Å²) in [6.45, 7) is 5.83. The second-order valence-corrected chi connectivity index (χ2v) is 10.4. The maximum Gasteiger partial charge on any atom is 0.410 e. The Morgan fingerprint density at radius 1 is 1.11 bits per heavy atom. The summed E-state index contributed by atoms with van der Waals surface area (Å²) in [5.41, 5.74) is 3.33. The van der Waals surface area contributed by atoms with Gasteiger partial charge in [0.1, 0.15) is 18.2 Å². The summed E-state index contributed by atoms with van der Waals surface area (Å²) in [7, 11) is 0. The highest BCUT2D eigenvalue weighted by Crippen LogP contribution is 2.31. The van der Waals surface area contributed by atoms with Crippen LogP contribution < -0.4 is 10.1 Å². The van der Waals surface area contributed by atoms with Crippen molar-refractivity contribution in [2.75, 3.05) is 18.4 Å². The van der Waals surface area contributed by atoms with E-state index < -0.39 is 17.7 Å². The predicted octanol–water partition coefficient (Wildman–Crippen LogP) is 3.00. The number of rotatable bonds is 7. The van der Waals surface area contributed by atoms with Gasteiger partial charge in [0.15, 0.2) is 0 Å². The van der Waals surface area contributed by atoms with Crippen molar-refractivity contribution >= 4 is 18.0 Å². The summed E-state index contributed by atoms with van der Waals surface area (Å²) in [5, 5.41) is 16.9. The minimum absolute atomic E-state index is 0.229. The molecule has 2 aromatic heterocycles. The fourth-order valence-electron chi connectivity index (χ4n) is 4.44. The first-order valence-corrected chi connectivity index (χ1v) is 12.2. The van der Waals surface area contributed by atoms with E-state index in [-0.39, 0.29) is 24.6 Å². The van der Waals surface area contributed by atoms with Crippen molar-refractivity contribution in [1.29, 1.82) is 0 Å². The van der Waals surface area contributed by atoms with E-state index in [0.29, 0.717) is 30.2 Å². The van der Waals surface area contributed by atoms with Crippen LogP contribution in [0.4, 0.5) is 10.7 Å². The molecule has 0 saturated carbocycles. The van der Waals surface area contributed by atoms with Crippen molar-refractivity contribution in [1.82, 2.24) is 24.6 Å². The van der Waals surface area contributed by atoms with Gasteiger partial charge in [0.05, 0.1) is 18.7 Å². The number of aliphatic carboxylic acids is 1. The van der Waals surface area contributed by atoms with Crippen LogP contribution in [0.1, 0.15) is 31.9 Å². The monoisotopic (exact) mass is 506 g/mol. The minimum atomic E-state index is -1.02. The van der Waals surface area contributed by atoms with Crippen LogP contribution in [0.15, 0.2) is 42.9 Å². The number of hydrogen-bond acceptors (Lipinski definition) is 8. The normalized spacial score (nSPS) is 15.7. The average Bonchev–Trinajstić information content (AvgIpc) is 3.37. The molecule has 0 unspecified atom stereocenters. The molecule has 5 rings (SSSR count). The number of carbonyl (C=O) groups excluding carboxylic acids is 1. The van der Waals surface area contributed by atoms with Crippen molar-refractivity contribution in [2.45, 2.75) is 57.9 Å². The van der Waals surface area contributed by atoms with Gasteiger partial charge in [-0.05, 0) is 44.7 Å². The van der Waals surface area contributed by atoms with Gasteiger partial charge in [-0.15, -0.1) is 5.10 Å². The number of amides is 1. The largest absolute Gasteiger partial charge is 0.480 e. The molecule has 3 aromatic rings. The lowest BCUT2D eigenvalue weighted by Gasteiger charge is -2.39. The Bertz CT molecular complexity index is 1270. The number of fused-ring (bicyclic) bond motifs is 1. The Labute approximate surface area is 214 Å². The quantitative estimate of drug-likeness (QED) is 0.496. The smallest absolute Gasteiger partial charge is 0.410 e. The number of anilines is 1. The molecular weight excluding hydrogens is 476 g/mol. The van der Waals surface area contributed by atoms with E-state index in [4.69, 9.17) is 9.47 Å². The SMILES string of the molecule is CC(C)(C)OC(=O)N1CC(Oc2nn(CC(=O)O)cc2-c2cnc(NC3Cc4ccccc4C3)nc2)C1. The van der Waals surface area contributed by atoms with Gasteiger partial charge < -0.3 is 24.8 Å². The van der Waals surface area contributed by atoms with Crippen LogP contribution in [0.3, 0.4) is 0 Å². The van der Waals surface area contributed by atoms with E-state index >= 15 is 0 Å². The van der Waals surface area contributed by atoms with Crippen LogP contribution in [0.25, 0.3) is 11.1 Å². The van der Waals surface area contributed by atoms with E-state index in [2.05, 4.69) is 44.6 Å². The van der Waals surface area contributed by atoms with Crippen molar-refractivity contribution in [3.63, 3.8) is 0 Å². The first-order valence-electron chi connectivity index (χ1n) is 12.2. The average molecular weight is 507 g/mol. The lowest BCUT2D eigenvalue weighted by atomic mass is 10.1. The number of carbonyl (C=O) groups is 2. The fraction of sp³-hybridized carbons (Fsp3) is 0.423. The van der Waals surface area contributed by atoms with Crippen molar-refractivity contribution in [3.8, 4) is 17.0 Å². The third-order valence-electron chi connectivity index (χ3n) is 6.15. The van der Waals surface area contributed by atoms with Crippen molar-refractivity contribution in [3.05, 3.63) is 54.0 Å². The minimum Gasteiger partial charge on any atom is -0.480 e. The molecule has 2 aliphatic rings. The molecule has 2 N–H and O–H groups in total. The van der Waals surface area contributed by atoms with Gasteiger partial charge in [-0.25, -0.2) is 14.8 Å². The van der Waals surface area contributed by atoms with Crippen LogP contribution in [-0.4, -0.2) is 72.7 Å². The van der Waals surface area contributed by atoms with E-state index in [1.54, 1.807) is 23.5 Å². The number of benzene rings is 1. The number of likely N-dealkylation sites (tertiary alicyclic amines) is 1. The third-order valence-corrected chi connectivity index (χ3v) is 6.15. The number of hydrogen-bond donors (Lipinski definition) is 2. The molecule has 11 nitrogen and oxygen atoms in total. The summed E-state index contributed by atoms with van der Waals surface area (Å²) in [6, 6.07) is 8.62. The number of aromatic nitrogens is 4. The zero-order valence-electron chi connectivity index (χ0n) is 21.0. The molecule has 1 saturated heterocycles. The Morgan fingerprint density at radius 2 is 1.76 bits per heavy atom. The van der Waals surface area contributed by atoms with Gasteiger partial charge in [-0.3, -0.25) is 9.48 Å². The molecule has 0 bridgehead atoms. The zero-order valence-corrected chi connectivity index (χ0v) is 21.0. The molecule has 3 heterocycles. The molecule has 1 amide bonds. The van der Waals surface area contributed by atoms with E-state index in [0.717, 1.165) is 12.8 Å². The second kappa shape index (κ2) is 9.72. The van der Waals surface area contributed by atoms with Crippen LogP contribution in [0, 0.1) is 0 Å². The Balaban J connectivity index is 1.25. The lowest BCUT2D eigenvalue weighted by molar-refractivity contribution is -0.137. The molecule has 0 radical (unpaired) electrons. The van der Waals surface area contributed by atoms with Gasteiger partial charge in [0.25, 0.3) is 0 Å². The Morgan fingerprint density at radius 3 is 2.35 bits per heavy atom. The Hall–Kier alpha value is -4.15. The van der Waals surface area contributed by atoms with Crippen LogP contribution in [0.5, 0.6) is 5.88 Å². The van der Waals surface area contributed by atoms with Crippen LogP contribution in [-0.2, 0) is 28.9 Å². The summed E-state index contributed by atoms with van der Waals surface area (Å²) in [5.74, 6) is -0.228. The van der Waals surface area contributed by atoms with Gasteiger partial charge in [0.2, 0.25) is 11.8 Å². The summed E-state index contributed by atoms with van der Waals surface area (Å²) in [4.78, 5) is 34.0. The number of carboxylic acids is 1. The highest BCUT2D eigenvalue weighted by atomic mass is 16.6. The maximum atomic E-state index is 12.2. The standard InChI is InChI=1S/C26H30N6O5/c1-26(2,3)37-25(35)31-12-20(13-31)36-23-21(14-32(30-23)15-22(33)34)18-10-27-24(28-11-18)29-19-8-16-6-4-5-7-17(16)9-19/h4-7,10-11,14,19-20H,8-9,12-13,15H2,1-3H3,(H,33,34)(H,27,28,29). The zero-order chi connectivity index (χ0) is 26.2. The molecular formula is C26H30N6O5. The second-order valence-electron chi connectivity index (χ2n) is 10.4. The van der Waals surface area contributed by atoms with Gasteiger partial charge >= 0.3 is 12.1 Å². The molecule has 1 aromatic carbocycles. The van der Waals surface area contributed by atoms with Crippen molar-refractivity contribution < 1.29 is 24.2 Å². The van der Waals surface area contributed by atoms with E-state index in [9.17, 15) is 14.7 Å². The predicted molar refractivity (Wildman–Crippen MR) is 134 cm³/mol. The van der Waals surface area contributed by atoms with Crippen LogP contribution >= 0.6 is 0 Å². The highest BCUT2D eigenvalue weighted by Gasteiger charge is 2.36. The molecule has 1 fully saturated rings. The first kappa shape index (κ1) is 24.5. The lowest BCUT2D eigenvalue weighted by Crippen LogP contribution is -2.57. The highest BCUT2D eigenvalue weighted by molar-refractivity contribution is 5.70. The number of carboxylic acid groups (broad SMARTS) is 1. The van der Waals surface area contributed by atoms with Crippen LogP contribution in [0.2, 0.25) is 0 Å². The first-order chi connectivity index (χ1) is 17.6. The Kier molecular flexibility index (Phi) is 6.45. The van der Waals surface area contributed by atoms with Gasteiger partial charge in [0, 0.05) is 30.2 Å². The number of nitrogens with one attached hydrogen (secondary N) is 1. The molecule has 0 spiro atoms. The van der Waals surface area contributed by atoms with E-state index in [1.807, 2.05) is 20.8 Å². The molecule has 194 valence electrons. The molecule has 1 aliphatic carbocycles. The molecule has 37 heavy (non-hydrogen) atoms. The van der Waals surface area contributed by atoms with Gasteiger partial charge in [-0.1, -0.05) is 24.3 Å². The summed E-state index contributed by atoms with van der Waals surface area (Å²) in [6.07, 6.45) is 6.09. The summed E-state index contributed by atoms with van der Waals surface area (Å²) >= 11 is 0. The third kappa shape index (κ3) is 5.82. The maximum absolute atomic E-state index is 12.2. The van der Waals surface area contributed by atoms with E-state index in [1.165, 1.54) is 15.8 Å².